The molecule has 1 aliphatic heterocycles. The predicted molar refractivity (Wildman–Crippen MR) is 58.3 cm³/mol. The molecule has 0 aliphatic carbocycles. The van der Waals surface area contributed by atoms with Crippen molar-refractivity contribution in [2.45, 2.75) is 24.7 Å². The number of aromatic hydroxyl groups is 1. The summed E-state index contributed by atoms with van der Waals surface area (Å²) in [5.41, 5.74) is -3.38. The Hall–Kier alpha value is -1.44. The monoisotopic (exact) mass is 299 g/mol. The van der Waals surface area contributed by atoms with Crippen LogP contribution in [-0.2, 0) is 12.4 Å². The van der Waals surface area contributed by atoms with E-state index in [-0.39, 0.29) is 12.6 Å². The Bertz CT molecular complexity index is 502. The fraction of sp³-hybridized carbons (Fsp3) is 0.500. The van der Waals surface area contributed by atoms with Crippen LogP contribution < -0.4 is 5.32 Å². The third-order valence-corrected chi connectivity index (χ3v) is 3.26. The predicted octanol–water partition coefficient (Wildman–Crippen LogP) is 3.51. The Morgan fingerprint density at radius 2 is 1.70 bits per heavy atom. The van der Waals surface area contributed by atoms with E-state index in [1.807, 2.05) is 0 Å². The van der Waals surface area contributed by atoms with Gasteiger partial charge in [0.1, 0.15) is 5.75 Å². The normalized spacial score (nSPS) is 20.4. The molecule has 2 nitrogen and oxygen atoms in total. The van der Waals surface area contributed by atoms with Crippen LogP contribution in [0.5, 0.6) is 5.75 Å². The summed E-state index contributed by atoms with van der Waals surface area (Å²) < 4.78 is 76.5. The Balaban J connectivity index is 2.61. The van der Waals surface area contributed by atoms with Crippen LogP contribution in [-0.4, -0.2) is 18.2 Å². The molecule has 0 saturated carbocycles. The van der Waals surface area contributed by atoms with Crippen LogP contribution in [0, 0.1) is 0 Å². The lowest BCUT2D eigenvalue weighted by Crippen LogP contribution is -2.17. The number of hydrogen-bond acceptors (Lipinski definition) is 2. The number of benzene rings is 1. The summed E-state index contributed by atoms with van der Waals surface area (Å²) in [6.45, 7) is 0.657. The second-order valence-corrected chi connectivity index (χ2v) is 4.64. The van der Waals surface area contributed by atoms with E-state index in [2.05, 4.69) is 5.32 Å². The average molecular weight is 299 g/mol. The van der Waals surface area contributed by atoms with Crippen LogP contribution in [0.4, 0.5) is 26.3 Å². The highest BCUT2D eigenvalue weighted by atomic mass is 19.4. The van der Waals surface area contributed by atoms with Gasteiger partial charge in [0, 0.05) is 18.0 Å². The number of halogens is 6. The zero-order valence-electron chi connectivity index (χ0n) is 10.1. The van der Waals surface area contributed by atoms with Gasteiger partial charge in [0.05, 0.1) is 11.1 Å². The van der Waals surface area contributed by atoms with E-state index in [4.69, 9.17) is 0 Å². The SMILES string of the molecule is Oc1cc(C(F)(F)F)cc(C(F)(F)F)c1C1CCNC1. The first-order chi connectivity index (χ1) is 9.10. The lowest BCUT2D eigenvalue weighted by Gasteiger charge is -2.20. The fourth-order valence-electron chi connectivity index (χ4n) is 2.37. The minimum Gasteiger partial charge on any atom is -0.508 e. The van der Waals surface area contributed by atoms with Crippen molar-refractivity contribution in [3.8, 4) is 5.75 Å². The van der Waals surface area contributed by atoms with Crippen molar-refractivity contribution >= 4 is 0 Å². The molecular formula is C12H11F6NO. The first kappa shape index (κ1) is 15.0. The molecule has 1 aromatic rings. The highest BCUT2D eigenvalue weighted by Crippen LogP contribution is 2.44. The molecule has 1 unspecified atom stereocenters. The number of hydrogen-bond donors (Lipinski definition) is 2. The Kier molecular flexibility index (Phi) is 3.62. The minimum absolute atomic E-state index is 0.0629. The molecule has 0 spiro atoms. The number of phenolic OH excluding ortho intramolecular Hbond substituents is 1. The highest BCUT2D eigenvalue weighted by molar-refractivity contribution is 5.48. The number of alkyl halides is 6. The largest absolute Gasteiger partial charge is 0.508 e. The maximum Gasteiger partial charge on any atom is 0.416 e. The van der Waals surface area contributed by atoms with E-state index in [9.17, 15) is 31.4 Å². The smallest absolute Gasteiger partial charge is 0.416 e. The van der Waals surface area contributed by atoms with E-state index in [0.717, 1.165) is 0 Å². The summed E-state index contributed by atoms with van der Waals surface area (Å²) in [6.07, 6.45) is -9.55. The molecule has 2 rings (SSSR count). The van der Waals surface area contributed by atoms with Crippen LogP contribution in [0.2, 0.25) is 0 Å². The molecule has 1 saturated heterocycles. The van der Waals surface area contributed by atoms with Crippen molar-refractivity contribution in [3.05, 3.63) is 28.8 Å². The molecular weight excluding hydrogens is 288 g/mol. The number of phenols is 1. The Morgan fingerprint density at radius 3 is 2.15 bits per heavy atom. The molecule has 20 heavy (non-hydrogen) atoms. The number of nitrogens with one attached hydrogen (secondary N) is 1. The summed E-state index contributed by atoms with van der Waals surface area (Å²) in [5, 5.41) is 12.5. The zero-order chi connectivity index (χ0) is 15.1. The van der Waals surface area contributed by atoms with Gasteiger partial charge in [-0.25, -0.2) is 0 Å². The maximum absolute atomic E-state index is 13.0. The molecule has 1 fully saturated rings. The highest BCUT2D eigenvalue weighted by Gasteiger charge is 2.41. The van der Waals surface area contributed by atoms with Gasteiger partial charge in [0.25, 0.3) is 0 Å². The van der Waals surface area contributed by atoms with Gasteiger partial charge in [-0.2, -0.15) is 26.3 Å². The fourth-order valence-corrected chi connectivity index (χ4v) is 2.37. The topological polar surface area (TPSA) is 32.3 Å². The first-order valence-electron chi connectivity index (χ1n) is 5.82. The van der Waals surface area contributed by atoms with Gasteiger partial charge in [-0.15, -0.1) is 0 Å². The van der Waals surface area contributed by atoms with Gasteiger partial charge in [-0.3, -0.25) is 0 Å². The van der Waals surface area contributed by atoms with Crippen LogP contribution in [0.3, 0.4) is 0 Å². The first-order valence-corrected chi connectivity index (χ1v) is 5.82. The van der Waals surface area contributed by atoms with Gasteiger partial charge in [0.15, 0.2) is 0 Å². The third kappa shape index (κ3) is 2.84. The maximum atomic E-state index is 13.0. The molecule has 1 atom stereocenters. The van der Waals surface area contributed by atoms with Crippen molar-refractivity contribution in [1.29, 1.82) is 0 Å². The standard InChI is InChI=1S/C12H11F6NO/c13-11(14,15)7-3-8(12(16,17)18)10(9(20)4-7)6-1-2-19-5-6/h3-4,6,19-20H,1-2,5H2. The second kappa shape index (κ2) is 4.83. The molecule has 1 aromatic carbocycles. The molecule has 112 valence electrons. The molecule has 0 aromatic heterocycles. The quantitative estimate of drug-likeness (QED) is 0.778. The van der Waals surface area contributed by atoms with E-state index in [1.54, 1.807) is 0 Å². The zero-order valence-corrected chi connectivity index (χ0v) is 10.1. The van der Waals surface area contributed by atoms with Crippen LogP contribution >= 0.6 is 0 Å². The summed E-state index contributed by atoms with van der Waals surface area (Å²) in [4.78, 5) is 0. The minimum atomic E-state index is -4.95. The second-order valence-electron chi connectivity index (χ2n) is 4.64. The Labute approximate surface area is 110 Å². The molecule has 1 aliphatic rings. The van der Waals surface area contributed by atoms with E-state index >= 15 is 0 Å². The summed E-state index contributed by atoms with van der Waals surface area (Å²) >= 11 is 0. The van der Waals surface area contributed by atoms with Gasteiger partial charge in [0.2, 0.25) is 0 Å². The Morgan fingerprint density at radius 1 is 1.05 bits per heavy atom. The van der Waals surface area contributed by atoms with Crippen molar-refractivity contribution < 1.29 is 31.4 Å². The van der Waals surface area contributed by atoms with Crippen LogP contribution in [0.15, 0.2) is 12.1 Å². The lowest BCUT2D eigenvalue weighted by atomic mass is 9.90. The summed E-state index contributed by atoms with van der Waals surface area (Å²) in [6, 6.07) is 0.413. The average Bonchev–Trinajstić information content (AvgIpc) is 2.78. The van der Waals surface area contributed by atoms with Crippen LogP contribution in [0.1, 0.15) is 29.0 Å². The molecule has 2 N–H and O–H groups in total. The van der Waals surface area contributed by atoms with Crippen molar-refractivity contribution in [2.75, 3.05) is 13.1 Å². The molecule has 8 heteroatoms. The summed E-state index contributed by atoms with van der Waals surface area (Å²) in [5.74, 6) is -1.60. The van der Waals surface area contributed by atoms with Gasteiger partial charge in [-0.05, 0) is 25.1 Å². The van der Waals surface area contributed by atoms with Crippen molar-refractivity contribution in [1.82, 2.24) is 5.32 Å². The molecule has 0 radical (unpaired) electrons. The third-order valence-electron chi connectivity index (χ3n) is 3.26. The van der Waals surface area contributed by atoms with Gasteiger partial charge in [-0.1, -0.05) is 0 Å². The molecule has 0 amide bonds. The number of rotatable bonds is 1. The van der Waals surface area contributed by atoms with Gasteiger partial charge >= 0.3 is 12.4 Å². The van der Waals surface area contributed by atoms with E-state index < -0.39 is 40.7 Å². The van der Waals surface area contributed by atoms with Crippen LogP contribution in [0.25, 0.3) is 0 Å². The summed E-state index contributed by atoms with van der Waals surface area (Å²) in [7, 11) is 0. The van der Waals surface area contributed by atoms with Crippen molar-refractivity contribution in [2.24, 2.45) is 0 Å². The van der Waals surface area contributed by atoms with E-state index in [1.165, 1.54) is 0 Å². The molecule has 1 heterocycles. The molecule has 0 bridgehead atoms. The van der Waals surface area contributed by atoms with E-state index in [0.29, 0.717) is 19.0 Å². The lowest BCUT2D eigenvalue weighted by molar-refractivity contribution is -0.143. The van der Waals surface area contributed by atoms with Crippen molar-refractivity contribution in [3.63, 3.8) is 0 Å². The van der Waals surface area contributed by atoms with Gasteiger partial charge < -0.3 is 10.4 Å².